The maximum atomic E-state index is 12.9. The molecule has 1 aromatic rings. The number of nitrogens with one attached hydrogen (secondary N) is 1. The number of halogens is 2. The fraction of sp³-hybridized carbons (Fsp3) is 0.611. The first-order chi connectivity index (χ1) is 12.4. The van der Waals surface area contributed by atoms with Gasteiger partial charge in [-0.1, -0.05) is 11.2 Å². The zero-order chi connectivity index (χ0) is 18.2. The summed E-state index contributed by atoms with van der Waals surface area (Å²) < 4.78 is 25.8. The van der Waals surface area contributed by atoms with Crippen LogP contribution in [0.4, 0.5) is 8.78 Å². The summed E-state index contributed by atoms with van der Waals surface area (Å²) in [5.74, 6) is -3.04. The number of hydrogen-bond donors (Lipinski definition) is 1. The van der Waals surface area contributed by atoms with E-state index in [2.05, 4.69) is 20.4 Å². The number of piperidine rings is 1. The number of hydrogen-bond acceptors (Lipinski definition) is 5. The molecular formula is C18H22F2N4O2. The number of rotatable bonds is 4. The van der Waals surface area contributed by atoms with E-state index < -0.39 is 17.6 Å². The highest BCUT2D eigenvalue weighted by molar-refractivity contribution is 6.39. The Bertz CT molecular complexity index is 704. The zero-order valence-electron chi connectivity index (χ0n) is 14.5. The van der Waals surface area contributed by atoms with Gasteiger partial charge in [-0.15, -0.1) is 0 Å². The van der Waals surface area contributed by atoms with Gasteiger partial charge in [-0.25, -0.2) is 8.78 Å². The van der Waals surface area contributed by atoms with Crippen LogP contribution in [0.2, 0.25) is 0 Å². The van der Waals surface area contributed by atoms with Crippen molar-refractivity contribution < 1.29 is 18.4 Å². The quantitative estimate of drug-likeness (QED) is 0.889. The van der Waals surface area contributed by atoms with Crippen LogP contribution in [0.15, 0.2) is 29.6 Å². The number of nitrogens with zero attached hydrogens (tertiary/aromatic N) is 3. The smallest absolute Gasteiger partial charge is 0.269 e. The second-order valence-corrected chi connectivity index (χ2v) is 7.56. The monoisotopic (exact) mass is 364 g/mol. The topological polar surface area (TPSA) is 66.8 Å². The van der Waals surface area contributed by atoms with Gasteiger partial charge in [0.15, 0.2) is 5.60 Å². The van der Waals surface area contributed by atoms with E-state index in [9.17, 15) is 13.6 Å². The number of aromatic nitrogens is 1. The van der Waals surface area contributed by atoms with Crippen LogP contribution in [-0.2, 0) is 16.2 Å². The number of likely N-dealkylation sites (tertiary alicyclic amines) is 1. The van der Waals surface area contributed by atoms with Crippen LogP contribution in [-0.4, -0.2) is 52.2 Å². The molecule has 3 heterocycles. The SMILES string of the molecule is O=C(NC1CC(F)(F)C1)C1=NO[C@]2(CCCN(Cc3ccccn3)C2)C1. The average molecular weight is 364 g/mol. The number of oxime groups is 1. The predicted molar refractivity (Wildman–Crippen MR) is 90.7 cm³/mol. The summed E-state index contributed by atoms with van der Waals surface area (Å²) in [7, 11) is 0. The van der Waals surface area contributed by atoms with Crippen LogP contribution in [0.5, 0.6) is 0 Å². The standard InChI is InChI=1S/C18H22F2N4O2/c19-18(20)8-14(9-18)22-16(25)15-10-17(26-23-15)5-3-7-24(12-17)11-13-4-1-2-6-21-13/h1-2,4,6,14H,3,5,7-12H2,(H,22,25)/t17-/m1/s1. The molecule has 0 bridgehead atoms. The molecular weight excluding hydrogens is 342 g/mol. The third kappa shape index (κ3) is 3.70. The molecule has 1 aliphatic carbocycles. The molecule has 1 spiro atoms. The molecule has 8 heteroatoms. The first-order valence-electron chi connectivity index (χ1n) is 8.99. The number of carbonyl (C=O) groups excluding carboxylic acids is 1. The van der Waals surface area contributed by atoms with Gasteiger partial charge in [-0.2, -0.15) is 0 Å². The van der Waals surface area contributed by atoms with Gasteiger partial charge in [0.1, 0.15) is 5.71 Å². The van der Waals surface area contributed by atoms with Crippen LogP contribution in [0, 0.1) is 0 Å². The van der Waals surface area contributed by atoms with Crippen LogP contribution < -0.4 is 5.32 Å². The summed E-state index contributed by atoms with van der Waals surface area (Å²) in [5, 5.41) is 6.61. The highest BCUT2D eigenvalue weighted by Crippen LogP contribution is 2.38. The Hall–Kier alpha value is -2.09. The van der Waals surface area contributed by atoms with E-state index in [1.165, 1.54) is 0 Å². The third-order valence-corrected chi connectivity index (χ3v) is 5.26. The zero-order valence-corrected chi connectivity index (χ0v) is 14.5. The lowest BCUT2D eigenvalue weighted by atomic mass is 9.86. The summed E-state index contributed by atoms with van der Waals surface area (Å²) in [6, 6.07) is 5.37. The number of alkyl halides is 2. The van der Waals surface area contributed by atoms with Crippen LogP contribution in [0.25, 0.3) is 0 Å². The van der Waals surface area contributed by atoms with Crippen molar-refractivity contribution in [3.8, 4) is 0 Å². The first-order valence-corrected chi connectivity index (χ1v) is 8.99. The lowest BCUT2D eigenvalue weighted by Gasteiger charge is -2.38. The Morgan fingerprint density at radius 1 is 1.38 bits per heavy atom. The molecule has 2 aliphatic heterocycles. The van der Waals surface area contributed by atoms with E-state index in [0.29, 0.717) is 18.7 Å². The Labute approximate surface area is 150 Å². The van der Waals surface area contributed by atoms with Gasteiger partial charge in [-0.3, -0.25) is 14.7 Å². The van der Waals surface area contributed by atoms with Gasteiger partial charge < -0.3 is 10.2 Å². The average Bonchev–Trinajstić information content (AvgIpc) is 2.97. The maximum Gasteiger partial charge on any atom is 0.269 e. The van der Waals surface area contributed by atoms with Crippen molar-refractivity contribution in [2.45, 2.75) is 56.2 Å². The molecule has 0 aromatic carbocycles. The predicted octanol–water partition coefficient (Wildman–Crippen LogP) is 2.11. The van der Waals surface area contributed by atoms with E-state index in [-0.39, 0.29) is 18.7 Å². The fourth-order valence-corrected chi connectivity index (χ4v) is 3.94. The van der Waals surface area contributed by atoms with E-state index in [1.54, 1.807) is 6.20 Å². The van der Waals surface area contributed by atoms with Gasteiger partial charge >= 0.3 is 0 Å². The molecule has 1 saturated heterocycles. The summed E-state index contributed by atoms with van der Waals surface area (Å²) >= 11 is 0. The summed E-state index contributed by atoms with van der Waals surface area (Å²) in [6.45, 7) is 2.34. The maximum absolute atomic E-state index is 12.9. The van der Waals surface area contributed by atoms with Crippen molar-refractivity contribution in [2.24, 2.45) is 5.16 Å². The summed E-state index contributed by atoms with van der Waals surface area (Å²) in [6.07, 6.45) is 3.38. The fourth-order valence-electron chi connectivity index (χ4n) is 3.94. The largest absolute Gasteiger partial charge is 0.387 e. The van der Waals surface area contributed by atoms with Crippen molar-refractivity contribution in [2.75, 3.05) is 13.1 Å². The van der Waals surface area contributed by atoms with Gasteiger partial charge in [0.25, 0.3) is 11.8 Å². The molecule has 1 N–H and O–H groups in total. The Kier molecular flexibility index (Phi) is 4.38. The van der Waals surface area contributed by atoms with Gasteiger partial charge in [0, 0.05) is 44.6 Å². The van der Waals surface area contributed by atoms with E-state index >= 15 is 0 Å². The molecule has 140 valence electrons. The Morgan fingerprint density at radius 2 is 2.23 bits per heavy atom. The normalized spacial score (nSPS) is 28.3. The second kappa shape index (κ2) is 6.57. The molecule has 0 radical (unpaired) electrons. The number of amides is 1. The summed E-state index contributed by atoms with van der Waals surface area (Å²) in [4.78, 5) is 24.6. The van der Waals surface area contributed by atoms with Crippen molar-refractivity contribution in [1.82, 2.24) is 15.2 Å². The van der Waals surface area contributed by atoms with Crippen LogP contribution in [0.3, 0.4) is 0 Å². The van der Waals surface area contributed by atoms with Crippen molar-refractivity contribution in [3.05, 3.63) is 30.1 Å². The Balaban J connectivity index is 1.32. The van der Waals surface area contributed by atoms with E-state index in [4.69, 9.17) is 4.84 Å². The molecule has 1 atom stereocenters. The van der Waals surface area contributed by atoms with Gasteiger partial charge in [0.2, 0.25) is 0 Å². The van der Waals surface area contributed by atoms with Crippen molar-refractivity contribution >= 4 is 11.6 Å². The lowest BCUT2D eigenvalue weighted by molar-refractivity contribution is -0.123. The van der Waals surface area contributed by atoms with Crippen molar-refractivity contribution in [1.29, 1.82) is 0 Å². The van der Waals surface area contributed by atoms with Crippen LogP contribution in [0.1, 0.15) is 37.8 Å². The molecule has 1 aromatic heterocycles. The van der Waals surface area contributed by atoms with E-state index in [0.717, 1.165) is 31.6 Å². The van der Waals surface area contributed by atoms with Gasteiger partial charge in [0.05, 0.1) is 5.69 Å². The summed E-state index contributed by atoms with van der Waals surface area (Å²) in [5.41, 5.74) is 0.802. The number of carbonyl (C=O) groups is 1. The molecule has 0 unspecified atom stereocenters. The highest BCUT2D eigenvalue weighted by atomic mass is 19.3. The Morgan fingerprint density at radius 3 is 2.96 bits per heavy atom. The molecule has 1 amide bonds. The molecule has 26 heavy (non-hydrogen) atoms. The second-order valence-electron chi connectivity index (χ2n) is 7.56. The molecule has 2 fully saturated rings. The van der Waals surface area contributed by atoms with Crippen LogP contribution >= 0.6 is 0 Å². The highest BCUT2D eigenvalue weighted by Gasteiger charge is 2.48. The minimum absolute atomic E-state index is 0.296. The molecule has 4 rings (SSSR count). The molecule has 1 saturated carbocycles. The van der Waals surface area contributed by atoms with E-state index in [1.807, 2.05) is 18.2 Å². The third-order valence-electron chi connectivity index (χ3n) is 5.26. The molecule has 3 aliphatic rings. The van der Waals surface area contributed by atoms with Gasteiger partial charge in [-0.05, 0) is 31.5 Å². The first kappa shape index (κ1) is 17.3. The minimum Gasteiger partial charge on any atom is -0.387 e. The lowest BCUT2D eigenvalue weighted by Crippen LogP contribution is -2.53. The van der Waals surface area contributed by atoms with Crippen molar-refractivity contribution in [3.63, 3.8) is 0 Å². The number of pyridine rings is 1. The minimum atomic E-state index is -2.65. The molecule has 6 nitrogen and oxygen atoms in total.